The van der Waals surface area contributed by atoms with E-state index in [9.17, 15) is 9.59 Å². The van der Waals surface area contributed by atoms with Crippen LogP contribution in [0.4, 0.5) is 0 Å². The van der Waals surface area contributed by atoms with Gasteiger partial charge in [0.25, 0.3) is 5.56 Å². The number of hydrogen-bond acceptors (Lipinski definition) is 6. The molecule has 0 aliphatic carbocycles. The maximum Gasteiger partial charge on any atom is 0.333 e. The SMILES string of the molecule is O=c1ccn(-c2cnn3ccc(CN4CCN(CC5CCOCC5)CC4)cc23)c(=O)[nH]1. The molecule has 1 N–H and O–H groups in total. The molecule has 5 rings (SSSR count). The molecule has 0 aromatic carbocycles. The van der Waals surface area contributed by atoms with Crippen molar-refractivity contribution < 1.29 is 4.74 Å². The molecular weight excluding hydrogens is 396 g/mol. The van der Waals surface area contributed by atoms with Gasteiger partial charge in [-0.05, 0) is 36.5 Å². The highest BCUT2D eigenvalue weighted by Gasteiger charge is 2.22. The number of ether oxygens (including phenoxy) is 1. The van der Waals surface area contributed by atoms with Gasteiger partial charge in [-0.15, -0.1) is 0 Å². The van der Waals surface area contributed by atoms with Crippen LogP contribution in [0.5, 0.6) is 0 Å². The first-order chi connectivity index (χ1) is 15.2. The van der Waals surface area contributed by atoms with E-state index in [0.29, 0.717) is 5.69 Å². The molecule has 9 nitrogen and oxygen atoms in total. The molecule has 0 amide bonds. The Kier molecular flexibility index (Phi) is 5.71. The number of piperazine rings is 1. The van der Waals surface area contributed by atoms with E-state index in [1.54, 1.807) is 10.7 Å². The van der Waals surface area contributed by atoms with Crippen LogP contribution in [-0.2, 0) is 11.3 Å². The first kappa shape index (κ1) is 20.2. The van der Waals surface area contributed by atoms with Crippen LogP contribution in [0.25, 0.3) is 11.2 Å². The number of aromatic nitrogens is 4. The molecule has 0 atom stereocenters. The second-order valence-electron chi connectivity index (χ2n) is 8.51. The summed E-state index contributed by atoms with van der Waals surface area (Å²) in [6, 6.07) is 5.50. The summed E-state index contributed by atoms with van der Waals surface area (Å²) < 4.78 is 8.65. The zero-order valence-electron chi connectivity index (χ0n) is 17.6. The zero-order chi connectivity index (χ0) is 21.2. The minimum atomic E-state index is -0.464. The van der Waals surface area contributed by atoms with Gasteiger partial charge in [-0.25, -0.2) is 9.31 Å². The third-order valence-corrected chi connectivity index (χ3v) is 6.38. The van der Waals surface area contributed by atoms with Crippen molar-refractivity contribution >= 4 is 5.52 Å². The van der Waals surface area contributed by atoms with Crippen LogP contribution in [0.15, 0.2) is 46.4 Å². The number of nitrogens with one attached hydrogen (secondary N) is 1. The highest BCUT2D eigenvalue weighted by molar-refractivity contribution is 5.64. The number of hydrogen-bond donors (Lipinski definition) is 1. The first-order valence-electron chi connectivity index (χ1n) is 11.0. The summed E-state index contributed by atoms with van der Waals surface area (Å²) in [6.07, 6.45) is 7.43. The van der Waals surface area contributed by atoms with Crippen LogP contribution in [0.2, 0.25) is 0 Å². The Balaban J connectivity index is 1.26. The standard InChI is InChI=1S/C22H28N6O3/c29-21-2-5-27(22(30)24-21)20-14-23-28-6-1-18(13-19(20)28)16-26-9-7-25(8-10-26)15-17-3-11-31-12-4-17/h1-2,5-6,13-14,17H,3-4,7-12,15-16H2,(H,24,29,30). The van der Waals surface area contributed by atoms with Crippen molar-refractivity contribution in [1.29, 1.82) is 0 Å². The van der Waals surface area contributed by atoms with Crippen LogP contribution < -0.4 is 11.2 Å². The number of H-pyrrole nitrogens is 1. The van der Waals surface area contributed by atoms with Crippen LogP contribution in [0.3, 0.4) is 0 Å². The van der Waals surface area contributed by atoms with E-state index in [2.05, 4.69) is 32.0 Å². The molecule has 164 valence electrons. The van der Waals surface area contributed by atoms with Crippen LogP contribution in [0.1, 0.15) is 18.4 Å². The molecule has 9 heteroatoms. The van der Waals surface area contributed by atoms with Gasteiger partial charge in [0.1, 0.15) is 0 Å². The summed E-state index contributed by atoms with van der Waals surface area (Å²) in [5.74, 6) is 0.777. The fraction of sp³-hybridized carbons (Fsp3) is 0.500. The molecular formula is C22H28N6O3. The van der Waals surface area contributed by atoms with Crippen molar-refractivity contribution in [2.45, 2.75) is 19.4 Å². The first-order valence-corrected chi connectivity index (χ1v) is 11.0. The number of nitrogens with zero attached hydrogens (tertiary/aromatic N) is 5. The number of aromatic amines is 1. The molecule has 2 aliphatic heterocycles. The molecule has 2 fully saturated rings. The summed E-state index contributed by atoms with van der Waals surface area (Å²) in [7, 11) is 0. The predicted molar refractivity (Wildman–Crippen MR) is 117 cm³/mol. The molecule has 3 aromatic rings. The van der Waals surface area contributed by atoms with Crippen molar-refractivity contribution in [2.24, 2.45) is 5.92 Å². The zero-order valence-corrected chi connectivity index (χ0v) is 17.6. The molecule has 0 radical (unpaired) electrons. The lowest BCUT2D eigenvalue weighted by Crippen LogP contribution is -2.47. The van der Waals surface area contributed by atoms with Gasteiger partial charge in [0.2, 0.25) is 0 Å². The minimum absolute atomic E-state index is 0.408. The maximum absolute atomic E-state index is 12.2. The molecule has 31 heavy (non-hydrogen) atoms. The Bertz CT molecular complexity index is 1150. The molecule has 5 heterocycles. The largest absolute Gasteiger partial charge is 0.381 e. The van der Waals surface area contributed by atoms with E-state index in [-0.39, 0.29) is 0 Å². The van der Waals surface area contributed by atoms with Crippen molar-refractivity contribution in [3.63, 3.8) is 0 Å². The van der Waals surface area contributed by atoms with Gasteiger partial charge >= 0.3 is 5.69 Å². The molecule has 2 aliphatic rings. The Labute approximate surface area is 179 Å². The van der Waals surface area contributed by atoms with E-state index >= 15 is 0 Å². The maximum atomic E-state index is 12.2. The van der Waals surface area contributed by atoms with E-state index < -0.39 is 11.2 Å². The lowest BCUT2D eigenvalue weighted by molar-refractivity contribution is 0.0415. The van der Waals surface area contributed by atoms with Crippen molar-refractivity contribution in [3.8, 4) is 5.69 Å². The summed E-state index contributed by atoms with van der Waals surface area (Å²) in [6.45, 7) is 8.20. The molecule has 0 saturated carbocycles. The van der Waals surface area contributed by atoms with Gasteiger partial charge in [0.15, 0.2) is 0 Å². The van der Waals surface area contributed by atoms with E-state index in [1.165, 1.54) is 41.8 Å². The second kappa shape index (κ2) is 8.78. The summed E-state index contributed by atoms with van der Waals surface area (Å²) in [5.41, 5.74) is 1.81. The van der Waals surface area contributed by atoms with E-state index in [0.717, 1.165) is 57.4 Å². The molecule has 0 spiro atoms. The lowest BCUT2D eigenvalue weighted by Gasteiger charge is -2.37. The van der Waals surface area contributed by atoms with Crippen molar-refractivity contribution in [1.82, 2.24) is 29.0 Å². The molecule has 0 bridgehead atoms. The molecule has 0 unspecified atom stereocenters. The predicted octanol–water partition coefficient (Wildman–Crippen LogP) is 0.718. The van der Waals surface area contributed by atoms with Crippen molar-refractivity contribution in [2.75, 3.05) is 45.9 Å². The number of pyridine rings is 1. The Morgan fingerprint density at radius 2 is 1.81 bits per heavy atom. The van der Waals surface area contributed by atoms with Crippen LogP contribution in [-0.4, -0.2) is 74.9 Å². The van der Waals surface area contributed by atoms with E-state index in [4.69, 9.17) is 4.74 Å². The highest BCUT2D eigenvalue weighted by Crippen LogP contribution is 2.19. The summed E-state index contributed by atoms with van der Waals surface area (Å²) in [5, 5.41) is 4.35. The fourth-order valence-corrected chi connectivity index (χ4v) is 4.58. The third kappa shape index (κ3) is 4.48. The van der Waals surface area contributed by atoms with Gasteiger partial charge in [-0.3, -0.25) is 19.2 Å². The fourth-order valence-electron chi connectivity index (χ4n) is 4.58. The van der Waals surface area contributed by atoms with Gasteiger partial charge < -0.3 is 9.64 Å². The van der Waals surface area contributed by atoms with Gasteiger partial charge in [0, 0.05) is 70.9 Å². The highest BCUT2D eigenvalue weighted by atomic mass is 16.5. The molecule has 3 aromatic heterocycles. The Morgan fingerprint density at radius 1 is 1.03 bits per heavy atom. The summed E-state index contributed by atoms with van der Waals surface area (Å²) in [4.78, 5) is 31.0. The average molecular weight is 425 g/mol. The second-order valence-corrected chi connectivity index (χ2v) is 8.51. The quantitative estimate of drug-likeness (QED) is 0.649. The van der Waals surface area contributed by atoms with Gasteiger partial charge in [0.05, 0.1) is 17.4 Å². The smallest absolute Gasteiger partial charge is 0.333 e. The monoisotopic (exact) mass is 424 g/mol. The van der Waals surface area contributed by atoms with Gasteiger partial charge in [-0.1, -0.05) is 0 Å². The van der Waals surface area contributed by atoms with Crippen molar-refractivity contribution in [3.05, 3.63) is 63.2 Å². The number of fused-ring (bicyclic) bond motifs is 1. The normalized spacial score (nSPS) is 19.2. The Hall–Kier alpha value is -2.75. The minimum Gasteiger partial charge on any atom is -0.381 e. The van der Waals surface area contributed by atoms with Crippen LogP contribution >= 0.6 is 0 Å². The topological polar surface area (TPSA) is 87.9 Å². The van der Waals surface area contributed by atoms with Gasteiger partial charge in [-0.2, -0.15) is 5.10 Å². The summed E-state index contributed by atoms with van der Waals surface area (Å²) >= 11 is 0. The lowest BCUT2D eigenvalue weighted by atomic mass is 9.99. The average Bonchev–Trinajstić information content (AvgIpc) is 3.19. The molecule has 2 saturated heterocycles. The van der Waals surface area contributed by atoms with Crippen LogP contribution in [0, 0.1) is 5.92 Å². The number of rotatable bonds is 5. The van der Waals surface area contributed by atoms with E-state index in [1.807, 2.05) is 6.20 Å². The third-order valence-electron chi connectivity index (χ3n) is 6.38. The Morgan fingerprint density at radius 3 is 2.58 bits per heavy atom.